The fraction of sp³-hybridized carbons (Fsp3) is 0.562. The van der Waals surface area contributed by atoms with E-state index in [0.29, 0.717) is 6.42 Å². The molecule has 1 fully saturated rings. The molecular weight excluding hydrogens is 270 g/mol. The van der Waals surface area contributed by atoms with Crippen LogP contribution in [-0.4, -0.2) is 42.8 Å². The molecule has 0 saturated carbocycles. The van der Waals surface area contributed by atoms with E-state index in [1.54, 1.807) is 14.2 Å². The molecule has 116 valence electrons. The van der Waals surface area contributed by atoms with E-state index < -0.39 is 12.0 Å². The average molecular weight is 293 g/mol. The van der Waals surface area contributed by atoms with E-state index in [1.165, 1.54) is 0 Å². The molecule has 1 N–H and O–H groups in total. The van der Waals surface area contributed by atoms with Crippen molar-refractivity contribution in [3.05, 3.63) is 23.8 Å². The molecule has 5 heteroatoms. The number of piperidine rings is 1. The minimum absolute atomic E-state index is 0.0311. The summed E-state index contributed by atoms with van der Waals surface area (Å²) in [6.45, 7) is 2.82. The summed E-state index contributed by atoms with van der Waals surface area (Å²) in [7, 11) is 3.25. The third-order valence-electron chi connectivity index (χ3n) is 4.21. The summed E-state index contributed by atoms with van der Waals surface area (Å²) in [5.74, 6) is 0.767. The van der Waals surface area contributed by atoms with E-state index in [0.717, 1.165) is 36.4 Å². The van der Waals surface area contributed by atoms with Crippen molar-refractivity contribution in [3.63, 3.8) is 0 Å². The summed E-state index contributed by atoms with van der Waals surface area (Å²) in [5.41, 5.74) is 0.963. The number of rotatable bonds is 5. The van der Waals surface area contributed by atoms with Gasteiger partial charge in [-0.3, -0.25) is 9.69 Å². The molecule has 2 unspecified atom stereocenters. The van der Waals surface area contributed by atoms with E-state index in [9.17, 15) is 9.90 Å². The zero-order chi connectivity index (χ0) is 15.4. The largest absolute Gasteiger partial charge is 0.497 e. The molecule has 1 aromatic carbocycles. The molecule has 1 saturated heterocycles. The Morgan fingerprint density at radius 3 is 2.71 bits per heavy atom. The average Bonchev–Trinajstić information content (AvgIpc) is 2.53. The van der Waals surface area contributed by atoms with Gasteiger partial charge in [0.2, 0.25) is 0 Å². The molecule has 0 aliphatic carbocycles. The van der Waals surface area contributed by atoms with Crippen LogP contribution in [0.5, 0.6) is 11.5 Å². The molecular formula is C16H23NO4. The fourth-order valence-electron chi connectivity index (χ4n) is 3.03. The zero-order valence-corrected chi connectivity index (χ0v) is 12.8. The van der Waals surface area contributed by atoms with Crippen molar-refractivity contribution in [2.45, 2.75) is 38.3 Å². The number of carboxylic acid groups (broad SMARTS) is 1. The lowest BCUT2D eigenvalue weighted by molar-refractivity contribution is -0.145. The monoisotopic (exact) mass is 293 g/mol. The second kappa shape index (κ2) is 6.80. The van der Waals surface area contributed by atoms with Crippen molar-refractivity contribution < 1.29 is 19.4 Å². The van der Waals surface area contributed by atoms with E-state index in [-0.39, 0.29) is 6.04 Å². The number of likely N-dealkylation sites (tertiary alicyclic amines) is 1. The van der Waals surface area contributed by atoms with Gasteiger partial charge < -0.3 is 14.6 Å². The zero-order valence-electron chi connectivity index (χ0n) is 12.8. The summed E-state index contributed by atoms with van der Waals surface area (Å²) in [5, 5.41) is 9.43. The molecule has 1 aliphatic rings. The summed E-state index contributed by atoms with van der Waals surface area (Å²) in [6, 6.07) is 5.18. The van der Waals surface area contributed by atoms with Crippen LogP contribution >= 0.6 is 0 Å². The molecule has 0 radical (unpaired) electrons. The summed E-state index contributed by atoms with van der Waals surface area (Å²) in [4.78, 5) is 13.5. The first kappa shape index (κ1) is 15.6. The normalized spacial score (nSPS) is 20.8. The lowest BCUT2D eigenvalue weighted by Crippen LogP contribution is -2.45. The van der Waals surface area contributed by atoms with Crippen molar-refractivity contribution >= 4 is 5.97 Å². The lowest BCUT2D eigenvalue weighted by atomic mass is 9.96. The second-order valence-electron chi connectivity index (χ2n) is 5.37. The van der Waals surface area contributed by atoms with Gasteiger partial charge in [-0.1, -0.05) is 6.42 Å². The molecule has 0 aromatic heterocycles. The number of hydrogen-bond donors (Lipinski definition) is 1. The summed E-state index contributed by atoms with van der Waals surface area (Å²) in [6.07, 6.45) is 2.70. The first-order chi connectivity index (χ1) is 10.1. The van der Waals surface area contributed by atoms with Crippen molar-refractivity contribution in [2.24, 2.45) is 0 Å². The van der Waals surface area contributed by atoms with Crippen LogP contribution in [0, 0.1) is 0 Å². The highest BCUT2D eigenvalue weighted by Gasteiger charge is 2.33. The van der Waals surface area contributed by atoms with Crippen LogP contribution < -0.4 is 9.47 Å². The van der Waals surface area contributed by atoms with Crippen molar-refractivity contribution in [2.75, 3.05) is 20.8 Å². The molecule has 2 rings (SSSR count). The lowest BCUT2D eigenvalue weighted by Gasteiger charge is -2.38. The Morgan fingerprint density at radius 2 is 2.10 bits per heavy atom. The predicted molar refractivity (Wildman–Crippen MR) is 79.9 cm³/mol. The van der Waals surface area contributed by atoms with Crippen LogP contribution in [0.2, 0.25) is 0 Å². The van der Waals surface area contributed by atoms with Crippen LogP contribution in [0.25, 0.3) is 0 Å². The van der Waals surface area contributed by atoms with Crippen LogP contribution in [0.4, 0.5) is 0 Å². The van der Waals surface area contributed by atoms with Crippen LogP contribution in [0.3, 0.4) is 0 Å². The van der Waals surface area contributed by atoms with Crippen molar-refractivity contribution in [3.8, 4) is 11.5 Å². The summed E-state index contributed by atoms with van der Waals surface area (Å²) >= 11 is 0. The highest BCUT2D eigenvalue weighted by molar-refractivity contribution is 5.73. The number of methoxy groups -OCH3 is 2. The van der Waals surface area contributed by atoms with E-state index in [2.05, 4.69) is 0 Å². The Kier molecular flexibility index (Phi) is 5.07. The van der Waals surface area contributed by atoms with Gasteiger partial charge in [-0.05, 0) is 44.5 Å². The first-order valence-corrected chi connectivity index (χ1v) is 7.29. The molecule has 2 atom stereocenters. The number of ether oxygens (including phenoxy) is 2. The molecule has 1 aromatic rings. The topological polar surface area (TPSA) is 59.0 Å². The highest BCUT2D eigenvalue weighted by atomic mass is 16.5. The van der Waals surface area contributed by atoms with Crippen LogP contribution in [0.15, 0.2) is 18.2 Å². The summed E-state index contributed by atoms with van der Waals surface area (Å²) < 4.78 is 10.7. The Morgan fingerprint density at radius 1 is 1.33 bits per heavy atom. The highest BCUT2D eigenvalue weighted by Crippen LogP contribution is 2.35. The number of hydrogen-bond acceptors (Lipinski definition) is 4. The van der Waals surface area contributed by atoms with Crippen LogP contribution in [-0.2, 0) is 4.79 Å². The smallest absolute Gasteiger partial charge is 0.320 e. The van der Waals surface area contributed by atoms with Crippen LogP contribution in [0.1, 0.15) is 37.8 Å². The third kappa shape index (κ3) is 3.29. The number of nitrogens with zero attached hydrogens (tertiary/aromatic N) is 1. The van der Waals surface area contributed by atoms with Crippen molar-refractivity contribution in [1.82, 2.24) is 4.90 Å². The Hall–Kier alpha value is -1.75. The van der Waals surface area contributed by atoms with Gasteiger partial charge in [-0.2, -0.15) is 0 Å². The van der Waals surface area contributed by atoms with Gasteiger partial charge in [0.15, 0.2) is 0 Å². The van der Waals surface area contributed by atoms with Gasteiger partial charge in [0.1, 0.15) is 17.5 Å². The van der Waals surface area contributed by atoms with Gasteiger partial charge in [-0.25, -0.2) is 0 Å². The Labute approximate surface area is 125 Å². The number of aliphatic carboxylic acids is 1. The quantitative estimate of drug-likeness (QED) is 0.904. The maximum atomic E-state index is 11.5. The number of benzene rings is 1. The standard InChI is InChI=1S/C16H23NO4/c1-11(17-9-5-4-6-14(17)16(18)19)13-10-12(20-2)7-8-15(13)21-3/h7-8,10-11,14H,4-6,9H2,1-3H3,(H,18,19). The third-order valence-corrected chi connectivity index (χ3v) is 4.21. The van der Waals surface area contributed by atoms with Gasteiger partial charge in [0.25, 0.3) is 0 Å². The SMILES string of the molecule is COc1ccc(OC)c(C(C)N2CCCCC2C(=O)O)c1. The van der Waals surface area contributed by atoms with Gasteiger partial charge in [0.05, 0.1) is 14.2 Å². The van der Waals surface area contributed by atoms with E-state index in [4.69, 9.17) is 9.47 Å². The minimum atomic E-state index is -0.747. The molecule has 0 amide bonds. The number of carbonyl (C=O) groups is 1. The molecule has 21 heavy (non-hydrogen) atoms. The molecule has 0 spiro atoms. The van der Waals surface area contributed by atoms with Gasteiger partial charge >= 0.3 is 5.97 Å². The van der Waals surface area contributed by atoms with Crippen molar-refractivity contribution in [1.29, 1.82) is 0 Å². The molecule has 1 heterocycles. The fourth-order valence-corrected chi connectivity index (χ4v) is 3.03. The maximum absolute atomic E-state index is 11.5. The molecule has 5 nitrogen and oxygen atoms in total. The second-order valence-corrected chi connectivity index (χ2v) is 5.37. The van der Waals surface area contributed by atoms with E-state index >= 15 is 0 Å². The number of carboxylic acids is 1. The predicted octanol–water partition coefficient (Wildman–Crippen LogP) is 2.70. The minimum Gasteiger partial charge on any atom is -0.497 e. The molecule has 1 aliphatic heterocycles. The Bertz CT molecular complexity index is 503. The van der Waals surface area contributed by atoms with Gasteiger partial charge in [-0.15, -0.1) is 0 Å². The Balaban J connectivity index is 2.32. The van der Waals surface area contributed by atoms with Gasteiger partial charge in [0, 0.05) is 11.6 Å². The van der Waals surface area contributed by atoms with E-state index in [1.807, 2.05) is 30.0 Å². The molecule has 0 bridgehead atoms. The first-order valence-electron chi connectivity index (χ1n) is 7.29. The maximum Gasteiger partial charge on any atom is 0.320 e.